The van der Waals surface area contributed by atoms with E-state index in [1.165, 1.54) is 12.2 Å². The Morgan fingerprint density at radius 3 is 1.88 bits per heavy atom. The first-order chi connectivity index (χ1) is 3.72. The maximum Gasteiger partial charge on any atom is 0.314 e. The third-order valence-electron chi connectivity index (χ3n) is 0.793. The standard InChI is InChI=1S/C6H8O2/c1-3-5(4-2)6(7)8/h3-5H,1-2H2,(H,7,8). The first-order valence-corrected chi connectivity index (χ1v) is 2.20. The van der Waals surface area contributed by atoms with Crippen molar-refractivity contribution in [3.05, 3.63) is 25.3 Å². The summed E-state index contributed by atoms with van der Waals surface area (Å²) in [7, 11) is 0. The number of hydrogen-bond acceptors (Lipinski definition) is 1. The lowest BCUT2D eigenvalue weighted by molar-refractivity contribution is -0.138. The van der Waals surface area contributed by atoms with Crippen molar-refractivity contribution >= 4 is 5.97 Å². The van der Waals surface area contributed by atoms with Crippen molar-refractivity contribution < 1.29 is 9.90 Å². The van der Waals surface area contributed by atoms with Crippen LogP contribution in [0.5, 0.6) is 0 Å². The lowest BCUT2D eigenvalue weighted by Crippen LogP contribution is -2.06. The predicted molar refractivity (Wildman–Crippen MR) is 31.5 cm³/mol. The van der Waals surface area contributed by atoms with Crippen LogP contribution >= 0.6 is 0 Å². The van der Waals surface area contributed by atoms with Gasteiger partial charge in [-0.05, 0) is 0 Å². The van der Waals surface area contributed by atoms with Crippen molar-refractivity contribution in [3.8, 4) is 0 Å². The zero-order valence-corrected chi connectivity index (χ0v) is 4.50. The van der Waals surface area contributed by atoms with Crippen molar-refractivity contribution in [2.75, 3.05) is 0 Å². The molecule has 0 aromatic carbocycles. The van der Waals surface area contributed by atoms with Gasteiger partial charge in [0.1, 0.15) is 0 Å². The lowest BCUT2D eigenvalue weighted by Gasteiger charge is -1.94. The summed E-state index contributed by atoms with van der Waals surface area (Å²) in [5.74, 6) is -1.51. The molecule has 0 fully saturated rings. The van der Waals surface area contributed by atoms with Gasteiger partial charge in [-0.15, -0.1) is 13.2 Å². The third kappa shape index (κ3) is 1.60. The van der Waals surface area contributed by atoms with Crippen LogP contribution in [0.3, 0.4) is 0 Å². The Bertz CT molecular complexity index is 108. The predicted octanol–water partition coefficient (Wildman–Crippen LogP) is 1.06. The molecule has 0 rings (SSSR count). The van der Waals surface area contributed by atoms with E-state index >= 15 is 0 Å². The van der Waals surface area contributed by atoms with Crippen LogP contribution in [-0.4, -0.2) is 11.1 Å². The summed E-state index contributed by atoms with van der Waals surface area (Å²) < 4.78 is 0. The molecule has 0 aromatic rings. The first-order valence-electron chi connectivity index (χ1n) is 2.20. The van der Waals surface area contributed by atoms with Crippen LogP contribution in [0.4, 0.5) is 0 Å². The molecule has 0 aromatic heterocycles. The first kappa shape index (κ1) is 6.95. The Morgan fingerprint density at radius 1 is 1.50 bits per heavy atom. The fraction of sp³-hybridized carbons (Fsp3) is 0.167. The second kappa shape index (κ2) is 3.02. The van der Waals surface area contributed by atoms with Crippen LogP contribution < -0.4 is 0 Å². The molecule has 0 aliphatic carbocycles. The van der Waals surface area contributed by atoms with Crippen LogP contribution in [-0.2, 0) is 4.79 Å². The summed E-state index contributed by atoms with van der Waals surface area (Å²) in [6.45, 7) is 6.60. The maximum absolute atomic E-state index is 10.0. The zero-order valence-electron chi connectivity index (χ0n) is 4.50. The van der Waals surface area contributed by atoms with Crippen LogP contribution in [0.25, 0.3) is 0 Å². The van der Waals surface area contributed by atoms with Gasteiger partial charge in [0, 0.05) is 0 Å². The Hall–Kier alpha value is -1.05. The highest BCUT2D eigenvalue weighted by Gasteiger charge is 2.05. The Morgan fingerprint density at radius 2 is 1.88 bits per heavy atom. The van der Waals surface area contributed by atoms with Gasteiger partial charge in [0.25, 0.3) is 0 Å². The van der Waals surface area contributed by atoms with Crippen molar-refractivity contribution in [3.63, 3.8) is 0 Å². The Balaban J connectivity index is 3.88. The number of carbonyl (C=O) groups is 1. The monoisotopic (exact) mass is 112 g/mol. The minimum atomic E-state index is -0.907. The minimum absolute atomic E-state index is 0.602. The summed E-state index contributed by atoms with van der Waals surface area (Å²) in [6.07, 6.45) is 2.66. The normalized spacial score (nSPS) is 8.62. The quantitative estimate of drug-likeness (QED) is 0.554. The van der Waals surface area contributed by atoms with E-state index in [0.717, 1.165) is 0 Å². The number of carboxylic acids is 1. The number of carboxylic acid groups (broad SMARTS) is 1. The molecule has 0 aliphatic heterocycles. The highest BCUT2D eigenvalue weighted by molar-refractivity contribution is 5.73. The van der Waals surface area contributed by atoms with Gasteiger partial charge in [-0.3, -0.25) is 4.79 Å². The molecule has 1 N–H and O–H groups in total. The van der Waals surface area contributed by atoms with Crippen LogP contribution in [0.1, 0.15) is 0 Å². The minimum Gasteiger partial charge on any atom is -0.481 e. The van der Waals surface area contributed by atoms with E-state index < -0.39 is 11.9 Å². The Labute approximate surface area is 48.1 Å². The summed E-state index contributed by atoms with van der Waals surface area (Å²) >= 11 is 0. The largest absolute Gasteiger partial charge is 0.481 e. The molecule has 0 amide bonds. The number of aliphatic carboxylic acids is 1. The molecule has 0 atom stereocenters. The van der Waals surface area contributed by atoms with E-state index in [1.807, 2.05) is 0 Å². The van der Waals surface area contributed by atoms with E-state index in [0.29, 0.717) is 0 Å². The topological polar surface area (TPSA) is 37.3 Å². The summed E-state index contributed by atoms with van der Waals surface area (Å²) in [4.78, 5) is 10.0. The fourth-order valence-electron chi connectivity index (χ4n) is 0.298. The molecular weight excluding hydrogens is 104 g/mol. The highest BCUT2D eigenvalue weighted by atomic mass is 16.4. The fourth-order valence-corrected chi connectivity index (χ4v) is 0.298. The van der Waals surface area contributed by atoms with Gasteiger partial charge in [-0.25, -0.2) is 0 Å². The van der Waals surface area contributed by atoms with E-state index in [-0.39, 0.29) is 0 Å². The second-order valence-electron chi connectivity index (χ2n) is 1.34. The zero-order chi connectivity index (χ0) is 6.57. The SMILES string of the molecule is C=CC(C=C)C(=O)O. The van der Waals surface area contributed by atoms with Crippen molar-refractivity contribution in [1.82, 2.24) is 0 Å². The highest BCUT2D eigenvalue weighted by Crippen LogP contribution is 1.96. The summed E-state index contributed by atoms with van der Waals surface area (Å²) in [5, 5.41) is 8.23. The van der Waals surface area contributed by atoms with E-state index in [1.54, 1.807) is 0 Å². The molecule has 0 heterocycles. The molecule has 8 heavy (non-hydrogen) atoms. The lowest BCUT2D eigenvalue weighted by atomic mass is 10.1. The van der Waals surface area contributed by atoms with Gasteiger partial charge in [0.15, 0.2) is 0 Å². The average Bonchev–Trinajstić information content (AvgIpc) is 1.69. The van der Waals surface area contributed by atoms with E-state index in [9.17, 15) is 4.79 Å². The number of hydrogen-bond donors (Lipinski definition) is 1. The number of rotatable bonds is 3. The molecule has 0 aliphatic rings. The average molecular weight is 112 g/mol. The van der Waals surface area contributed by atoms with Crippen LogP contribution in [0, 0.1) is 5.92 Å². The van der Waals surface area contributed by atoms with Gasteiger partial charge in [-0.1, -0.05) is 12.2 Å². The van der Waals surface area contributed by atoms with Gasteiger partial charge in [0.2, 0.25) is 0 Å². The molecule has 0 saturated heterocycles. The molecule has 0 bridgehead atoms. The Kier molecular flexibility index (Phi) is 2.62. The molecule has 2 heteroatoms. The van der Waals surface area contributed by atoms with Crippen molar-refractivity contribution in [1.29, 1.82) is 0 Å². The maximum atomic E-state index is 10.0. The molecule has 0 unspecified atom stereocenters. The van der Waals surface area contributed by atoms with Gasteiger partial charge < -0.3 is 5.11 Å². The third-order valence-corrected chi connectivity index (χ3v) is 0.793. The molecule has 0 saturated carbocycles. The molecule has 0 spiro atoms. The molecular formula is C6H8O2. The molecule has 0 radical (unpaired) electrons. The van der Waals surface area contributed by atoms with Gasteiger partial charge >= 0.3 is 5.97 Å². The molecule has 44 valence electrons. The summed E-state index contributed by atoms with van der Waals surface area (Å²) in [6, 6.07) is 0. The van der Waals surface area contributed by atoms with Crippen LogP contribution in [0.2, 0.25) is 0 Å². The van der Waals surface area contributed by atoms with Gasteiger partial charge in [0.05, 0.1) is 5.92 Å². The smallest absolute Gasteiger partial charge is 0.314 e. The van der Waals surface area contributed by atoms with E-state index in [4.69, 9.17) is 5.11 Å². The van der Waals surface area contributed by atoms with Gasteiger partial charge in [-0.2, -0.15) is 0 Å². The van der Waals surface area contributed by atoms with Crippen molar-refractivity contribution in [2.24, 2.45) is 5.92 Å². The second-order valence-corrected chi connectivity index (χ2v) is 1.34. The van der Waals surface area contributed by atoms with Crippen LogP contribution in [0.15, 0.2) is 25.3 Å². The van der Waals surface area contributed by atoms with E-state index in [2.05, 4.69) is 13.2 Å². The summed E-state index contributed by atoms with van der Waals surface area (Å²) in [5.41, 5.74) is 0. The molecule has 2 nitrogen and oxygen atoms in total. The van der Waals surface area contributed by atoms with Crippen molar-refractivity contribution in [2.45, 2.75) is 0 Å².